The molecule has 0 aliphatic rings. The van der Waals surface area contributed by atoms with Crippen molar-refractivity contribution in [1.82, 2.24) is 4.90 Å². The Hall–Kier alpha value is -1.30. The third-order valence-corrected chi connectivity index (χ3v) is 1.69. The highest BCUT2D eigenvalue weighted by molar-refractivity contribution is 5.87. The Kier molecular flexibility index (Phi) is 4.78. The normalized spacial score (nSPS) is 11.4. The van der Waals surface area contributed by atoms with Gasteiger partial charge in [-0.05, 0) is 19.9 Å². The van der Waals surface area contributed by atoms with Gasteiger partial charge < -0.3 is 9.74 Å². The summed E-state index contributed by atoms with van der Waals surface area (Å²) in [5.74, 6) is -0.103. The van der Waals surface area contributed by atoms with E-state index >= 15 is 0 Å². The summed E-state index contributed by atoms with van der Waals surface area (Å²) in [5, 5.41) is 0. The van der Waals surface area contributed by atoms with E-state index in [1.165, 1.54) is 6.08 Å². The van der Waals surface area contributed by atoms with E-state index in [4.69, 9.17) is 6.57 Å². The van der Waals surface area contributed by atoms with Crippen molar-refractivity contribution in [2.24, 2.45) is 0 Å². The lowest BCUT2D eigenvalue weighted by atomic mass is 10.2. The fourth-order valence-corrected chi connectivity index (χ4v) is 1.03. The molecule has 1 atom stereocenters. The van der Waals surface area contributed by atoms with Crippen LogP contribution in [-0.2, 0) is 4.79 Å². The molecule has 3 heteroatoms. The third-order valence-electron chi connectivity index (χ3n) is 1.69. The number of carbonyl (C=O) groups excluding carboxylic acids is 1. The van der Waals surface area contributed by atoms with Gasteiger partial charge in [0.25, 0.3) is 0 Å². The first-order chi connectivity index (χ1) is 5.67. The molecule has 0 saturated heterocycles. The first kappa shape index (κ1) is 10.7. The van der Waals surface area contributed by atoms with Crippen molar-refractivity contribution in [2.75, 3.05) is 13.1 Å². The van der Waals surface area contributed by atoms with Gasteiger partial charge in [-0.1, -0.05) is 6.58 Å². The van der Waals surface area contributed by atoms with Gasteiger partial charge in [0.2, 0.25) is 12.5 Å². The molecule has 0 spiro atoms. The van der Waals surface area contributed by atoms with Gasteiger partial charge in [-0.2, -0.15) is 0 Å². The third kappa shape index (κ3) is 2.75. The van der Waals surface area contributed by atoms with E-state index in [1.807, 2.05) is 13.8 Å². The second-order valence-corrected chi connectivity index (χ2v) is 2.52. The molecule has 0 aromatic heterocycles. The maximum atomic E-state index is 11.2. The first-order valence-corrected chi connectivity index (χ1v) is 3.93. The molecule has 0 radical (unpaired) electrons. The second-order valence-electron chi connectivity index (χ2n) is 2.52. The summed E-state index contributed by atoms with van der Waals surface area (Å²) in [6.45, 7) is 14.8. The first-order valence-electron chi connectivity index (χ1n) is 3.93. The van der Waals surface area contributed by atoms with Gasteiger partial charge in [0.15, 0.2) is 0 Å². The van der Waals surface area contributed by atoms with Gasteiger partial charge in [0.05, 0.1) is 0 Å². The zero-order valence-electron chi connectivity index (χ0n) is 7.58. The molecule has 3 nitrogen and oxygen atoms in total. The number of likely N-dealkylation sites (N-methyl/N-ethyl adjacent to an activating group) is 1. The highest BCUT2D eigenvalue weighted by atomic mass is 16.2. The fraction of sp³-hybridized carbons (Fsp3) is 0.556. The minimum atomic E-state index is -0.103. The lowest BCUT2D eigenvalue weighted by Gasteiger charge is -2.22. The van der Waals surface area contributed by atoms with Crippen LogP contribution in [0.2, 0.25) is 0 Å². The van der Waals surface area contributed by atoms with Gasteiger partial charge in [-0.15, -0.1) is 0 Å². The van der Waals surface area contributed by atoms with Gasteiger partial charge >= 0.3 is 0 Å². The molecular weight excluding hydrogens is 152 g/mol. The van der Waals surface area contributed by atoms with Crippen LogP contribution in [0.15, 0.2) is 12.7 Å². The lowest BCUT2D eigenvalue weighted by Crippen LogP contribution is -2.38. The van der Waals surface area contributed by atoms with E-state index in [9.17, 15) is 4.79 Å². The van der Waals surface area contributed by atoms with Crippen LogP contribution in [0.5, 0.6) is 0 Å². The largest absolute Gasteiger partial charge is 0.329 e. The van der Waals surface area contributed by atoms with E-state index in [2.05, 4.69) is 11.4 Å². The summed E-state index contributed by atoms with van der Waals surface area (Å²) in [7, 11) is 0. The summed E-state index contributed by atoms with van der Waals surface area (Å²) in [5.41, 5.74) is 0. The average molecular weight is 166 g/mol. The topological polar surface area (TPSA) is 24.7 Å². The number of nitrogens with zero attached hydrogens (tertiary/aromatic N) is 2. The Morgan fingerprint density at radius 2 is 2.42 bits per heavy atom. The Bertz CT molecular complexity index is 205. The van der Waals surface area contributed by atoms with Crippen molar-refractivity contribution in [3.8, 4) is 0 Å². The van der Waals surface area contributed by atoms with E-state index in [0.29, 0.717) is 13.1 Å². The van der Waals surface area contributed by atoms with Crippen LogP contribution in [0, 0.1) is 6.57 Å². The number of rotatable bonds is 4. The van der Waals surface area contributed by atoms with E-state index in [0.717, 1.165) is 0 Å². The van der Waals surface area contributed by atoms with Crippen LogP contribution in [0.3, 0.4) is 0 Å². The number of amides is 1. The monoisotopic (exact) mass is 166 g/mol. The minimum Gasteiger partial charge on any atom is -0.329 e. The number of carbonyl (C=O) groups is 1. The summed E-state index contributed by atoms with van der Waals surface area (Å²) >= 11 is 0. The minimum absolute atomic E-state index is 0.0157. The Labute approximate surface area is 73.5 Å². The highest BCUT2D eigenvalue weighted by Crippen LogP contribution is 2.00. The molecule has 12 heavy (non-hydrogen) atoms. The molecule has 0 N–H and O–H groups in total. The number of hydrogen-bond donors (Lipinski definition) is 0. The maximum absolute atomic E-state index is 11.2. The fourth-order valence-electron chi connectivity index (χ4n) is 1.03. The van der Waals surface area contributed by atoms with Crippen molar-refractivity contribution in [2.45, 2.75) is 19.9 Å². The molecule has 0 aliphatic heterocycles. The van der Waals surface area contributed by atoms with Crippen LogP contribution in [0.4, 0.5) is 0 Å². The van der Waals surface area contributed by atoms with Crippen LogP contribution < -0.4 is 0 Å². The summed E-state index contributed by atoms with van der Waals surface area (Å²) in [4.78, 5) is 16.0. The predicted molar refractivity (Wildman–Crippen MR) is 48.5 cm³/mol. The van der Waals surface area contributed by atoms with E-state index < -0.39 is 0 Å². The number of hydrogen-bond acceptors (Lipinski definition) is 1. The van der Waals surface area contributed by atoms with Crippen LogP contribution in [-0.4, -0.2) is 29.9 Å². The highest BCUT2D eigenvalue weighted by Gasteiger charge is 2.17. The molecule has 0 aliphatic carbocycles. The molecule has 0 aromatic rings. The molecule has 0 aromatic carbocycles. The molecule has 0 bridgehead atoms. The summed E-state index contributed by atoms with van der Waals surface area (Å²) in [6.07, 6.45) is 1.28. The van der Waals surface area contributed by atoms with Crippen LogP contribution >= 0.6 is 0 Å². The molecule has 66 valence electrons. The molecule has 0 heterocycles. The summed E-state index contributed by atoms with van der Waals surface area (Å²) in [6, 6.07) is -0.0157. The zero-order valence-corrected chi connectivity index (χ0v) is 7.58. The Morgan fingerprint density at radius 3 is 2.75 bits per heavy atom. The Balaban J connectivity index is 4.24. The maximum Gasteiger partial charge on any atom is 0.246 e. The molecule has 1 amide bonds. The molecule has 0 unspecified atom stereocenters. The van der Waals surface area contributed by atoms with Crippen molar-refractivity contribution >= 4 is 5.91 Å². The van der Waals surface area contributed by atoms with Crippen molar-refractivity contribution < 1.29 is 4.79 Å². The summed E-state index contributed by atoms with van der Waals surface area (Å²) < 4.78 is 0. The van der Waals surface area contributed by atoms with Crippen LogP contribution in [0.1, 0.15) is 13.8 Å². The van der Waals surface area contributed by atoms with Crippen molar-refractivity contribution in [3.63, 3.8) is 0 Å². The molecule has 0 rings (SSSR count). The second kappa shape index (κ2) is 5.36. The zero-order chi connectivity index (χ0) is 9.56. The van der Waals surface area contributed by atoms with Gasteiger partial charge in [0.1, 0.15) is 6.04 Å². The van der Waals surface area contributed by atoms with E-state index in [1.54, 1.807) is 4.90 Å². The quantitative estimate of drug-likeness (QED) is 0.456. The van der Waals surface area contributed by atoms with Gasteiger partial charge in [-0.3, -0.25) is 4.79 Å². The predicted octanol–water partition coefficient (Wildman–Crippen LogP) is 1.33. The molecular formula is C9H14N2O. The van der Waals surface area contributed by atoms with Crippen LogP contribution in [0.25, 0.3) is 4.85 Å². The van der Waals surface area contributed by atoms with Gasteiger partial charge in [-0.25, -0.2) is 6.57 Å². The van der Waals surface area contributed by atoms with Crippen molar-refractivity contribution in [3.05, 3.63) is 24.1 Å². The SMILES string of the molecule is [C-]#[N+]C[C@@H](C)N(CC)C(=O)C=C. The van der Waals surface area contributed by atoms with E-state index in [-0.39, 0.29) is 11.9 Å². The molecule has 0 saturated carbocycles. The lowest BCUT2D eigenvalue weighted by molar-refractivity contribution is -0.127. The Morgan fingerprint density at radius 1 is 1.83 bits per heavy atom. The standard InChI is InChI=1S/C9H14N2O/c1-5-9(12)11(6-2)8(3)7-10-4/h5,8H,1,6-7H2,2-3H3/t8-/m1/s1. The van der Waals surface area contributed by atoms with Gasteiger partial charge in [0, 0.05) is 6.54 Å². The average Bonchev–Trinajstić information content (AvgIpc) is 2.06. The molecule has 0 fully saturated rings. The smallest absolute Gasteiger partial charge is 0.246 e. The van der Waals surface area contributed by atoms with Crippen molar-refractivity contribution in [1.29, 1.82) is 0 Å².